The Hall–Kier alpha value is -0.800. The smallest absolute Gasteiger partial charge is 0.0332 e. The van der Waals surface area contributed by atoms with Crippen LogP contribution in [-0.2, 0) is 6.54 Å². The minimum absolute atomic E-state index is 0.0940. The van der Waals surface area contributed by atoms with Gasteiger partial charge in [0, 0.05) is 24.5 Å². The maximum Gasteiger partial charge on any atom is 0.0332 e. The van der Waals surface area contributed by atoms with Crippen molar-refractivity contribution >= 4 is 0 Å². The highest BCUT2D eigenvalue weighted by Crippen LogP contribution is 2.09. The van der Waals surface area contributed by atoms with Gasteiger partial charge < -0.3 is 16.5 Å². The Balaban J connectivity index is 2.78. The highest BCUT2D eigenvalue weighted by molar-refractivity contribution is 5.19. The minimum atomic E-state index is 0.0940. The molecule has 0 saturated carbocycles. The fraction of sp³-hybridized carbons (Fsp3) is 0.429. The molecule has 0 aliphatic carbocycles. The molecule has 3 nitrogen and oxygen atoms in total. The molecular formula is C7H13N3. The van der Waals surface area contributed by atoms with Gasteiger partial charge in [-0.25, -0.2) is 0 Å². The monoisotopic (exact) mass is 139 g/mol. The molecule has 0 spiro atoms. The first kappa shape index (κ1) is 7.31. The lowest BCUT2D eigenvalue weighted by Crippen LogP contribution is -2.03. The molecule has 1 rings (SSSR count). The molecule has 1 atom stereocenters. The van der Waals surface area contributed by atoms with E-state index < -0.39 is 0 Å². The Kier molecular flexibility index (Phi) is 2.09. The Morgan fingerprint density at radius 2 is 2.40 bits per heavy atom. The summed E-state index contributed by atoms with van der Waals surface area (Å²) in [4.78, 5) is 3.03. The van der Waals surface area contributed by atoms with Crippen molar-refractivity contribution in [3.05, 3.63) is 23.5 Å². The number of nitrogens with one attached hydrogen (secondary N) is 1. The van der Waals surface area contributed by atoms with Gasteiger partial charge in [0.05, 0.1) is 0 Å². The minimum Gasteiger partial charge on any atom is -0.364 e. The summed E-state index contributed by atoms with van der Waals surface area (Å²) in [6, 6.07) is 2.08. The molecule has 56 valence electrons. The number of nitrogens with two attached hydrogens (primary N) is 2. The SMILES string of the molecule is CC(N)c1c[nH]c(CN)c1. The van der Waals surface area contributed by atoms with E-state index in [2.05, 4.69) is 4.98 Å². The van der Waals surface area contributed by atoms with E-state index in [4.69, 9.17) is 11.5 Å². The molecule has 0 bridgehead atoms. The van der Waals surface area contributed by atoms with E-state index in [1.54, 1.807) is 0 Å². The molecule has 0 radical (unpaired) electrons. The summed E-state index contributed by atoms with van der Waals surface area (Å²) < 4.78 is 0. The van der Waals surface area contributed by atoms with Gasteiger partial charge in [-0.1, -0.05) is 0 Å². The van der Waals surface area contributed by atoms with Crippen molar-refractivity contribution in [2.24, 2.45) is 11.5 Å². The molecule has 5 N–H and O–H groups in total. The molecule has 1 aromatic heterocycles. The topological polar surface area (TPSA) is 67.8 Å². The molecule has 3 heteroatoms. The largest absolute Gasteiger partial charge is 0.364 e. The number of aromatic nitrogens is 1. The van der Waals surface area contributed by atoms with Crippen LogP contribution in [0.1, 0.15) is 24.2 Å². The van der Waals surface area contributed by atoms with Crippen molar-refractivity contribution < 1.29 is 0 Å². The normalized spacial score (nSPS) is 13.5. The van der Waals surface area contributed by atoms with Gasteiger partial charge in [-0.3, -0.25) is 0 Å². The summed E-state index contributed by atoms with van der Waals surface area (Å²) in [7, 11) is 0. The van der Waals surface area contributed by atoms with Crippen LogP contribution in [0.3, 0.4) is 0 Å². The standard InChI is InChI=1S/C7H13N3/c1-5(9)6-2-7(3-8)10-4-6/h2,4-5,10H,3,8-9H2,1H3. The maximum absolute atomic E-state index is 5.62. The Bertz CT molecular complexity index is 202. The summed E-state index contributed by atoms with van der Waals surface area (Å²) in [6.45, 7) is 2.50. The summed E-state index contributed by atoms with van der Waals surface area (Å²) in [6.07, 6.45) is 1.90. The van der Waals surface area contributed by atoms with Gasteiger partial charge in [0.25, 0.3) is 0 Å². The molecular weight excluding hydrogens is 126 g/mol. The van der Waals surface area contributed by atoms with Crippen LogP contribution in [0.15, 0.2) is 12.3 Å². The molecule has 1 aromatic rings. The van der Waals surface area contributed by atoms with Gasteiger partial charge in [0.2, 0.25) is 0 Å². The average Bonchev–Trinajstić information content (AvgIpc) is 2.34. The van der Waals surface area contributed by atoms with E-state index >= 15 is 0 Å². The Morgan fingerprint density at radius 3 is 2.70 bits per heavy atom. The van der Waals surface area contributed by atoms with Gasteiger partial charge in [-0.05, 0) is 18.6 Å². The summed E-state index contributed by atoms with van der Waals surface area (Å²) in [5, 5.41) is 0. The molecule has 0 aliphatic heterocycles. The van der Waals surface area contributed by atoms with E-state index in [9.17, 15) is 0 Å². The molecule has 0 aromatic carbocycles. The summed E-state index contributed by atoms with van der Waals surface area (Å²) >= 11 is 0. The van der Waals surface area contributed by atoms with Crippen molar-refractivity contribution in [2.45, 2.75) is 19.5 Å². The van der Waals surface area contributed by atoms with Crippen molar-refractivity contribution in [1.82, 2.24) is 4.98 Å². The number of aromatic amines is 1. The van der Waals surface area contributed by atoms with Crippen molar-refractivity contribution in [3.8, 4) is 0 Å². The lowest BCUT2D eigenvalue weighted by molar-refractivity contribution is 0.819. The Labute approximate surface area is 60.4 Å². The van der Waals surface area contributed by atoms with Crippen molar-refractivity contribution in [1.29, 1.82) is 0 Å². The van der Waals surface area contributed by atoms with Crippen LogP contribution < -0.4 is 11.5 Å². The average molecular weight is 139 g/mol. The number of rotatable bonds is 2. The van der Waals surface area contributed by atoms with Gasteiger partial charge in [0.1, 0.15) is 0 Å². The summed E-state index contributed by atoms with van der Waals surface area (Å²) in [5.41, 5.74) is 13.2. The third-order valence-electron chi connectivity index (χ3n) is 1.51. The highest BCUT2D eigenvalue weighted by Gasteiger charge is 2.00. The first-order valence-corrected chi connectivity index (χ1v) is 3.37. The summed E-state index contributed by atoms with van der Waals surface area (Å²) in [5.74, 6) is 0. The molecule has 0 fully saturated rings. The third kappa shape index (κ3) is 1.37. The van der Waals surface area contributed by atoms with E-state index in [0.717, 1.165) is 11.3 Å². The first-order valence-electron chi connectivity index (χ1n) is 3.37. The van der Waals surface area contributed by atoms with E-state index in [-0.39, 0.29) is 6.04 Å². The van der Waals surface area contributed by atoms with Crippen molar-refractivity contribution in [2.75, 3.05) is 0 Å². The van der Waals surface area contributed by atoms with Gasteiger partial charge in [0.15, 0.2) is 0 Å². The number of hydrogen-bond acceptors (Lipinski definition) is 2. The molecule has 10 heavy (non-hydrogen) atoms. The van der Waals surface area contributed by atoms with Crippen LogP contribution in [0.25, 0.3) is 0 Å². The van der Waals surface area contributed by atoms with E-state index in [0.29, 0.717) is 6.54 Å². The zero-order valence-corrected chi connectivity index (χ0v) is 6.09. The van der Waals surface area contributed by atoms with Crippen LogP contribution in [-0.4, -0.2) is 4.98 Å². The van der Waals surface area contributed by atoms with Crippen LogP contribution in [0.2, 0.25) is 0 Å². The van der Waals surface area contributed by atoms with Crippen LogP contribution in [0.4, 0.5) is 0 Å². The van der Waals surface area contributed by atoms with E-state index in [1.807, 2.05) is 19.2 Å². The zero-order valence-electron chi connectivity index (χ0n) is 6.09. The Morgan fingerprint density at radius 1 is 1.70 bits per heavy atom. The van der Waals surface area contributed by atoms with Crippen LogP contribution >= 0.6 is 0 Å². The zero-order chi connectivity index (χ0) is 7.56. The highest BCUT2D eigenvalue weighted by atomic mass is 14.7. The second kappa shape index (κ2) is 2.86. The molecule has 0 amide bonds. The number of hydrogen-bond donors (Lipinski definition) is 3. The maximum atomic E-state index is 5.62. The van der Waals surface area contributed by atoms with E-state index in [1.165, 1.54) is 0 Å². The van der Waals surface area contributed by atoms with Crippen molar-refractivity contribution in [3.63, 3.8) is 0 Å². The lowest BCUT2D eigenvalue weighted by Gasteiger charge is -1.97. The molecule has 0 aliphatic rings. The fourth-order valence-corrected chi connectivity index (χ4v) is 0.841. The van der Waals surface area contributed by atoms with Gasteiger partial charge >= 0.3 is 0 Å². The second-order valence-corrected chi connectivity index (χ2v) is 2.45. The number of H-pyrrole nitrogens is 1. The predicted molar refractivity (Wildman–Crippen MR) is 41.3 cm³/mol. The first-order chi connectivity index (χ1) is 4.74. The quantitative estimate of drug-likeness (QED) is 0.558. The van der Waals surface area contributed by atoms with Gasteiger partial charge in [-0.2, -0.15) is 0 Å². The molecule has 0 saturated heterocycles. The van der Waals surface area contributed by atoms with Crippen LogP contribution in [0, 0.1) is 0 Å². The fourth-order valence-electron chi connectivity index (χ4n) is 0.841. The third-order valence-corrected chi connectivity index (χ3v) is 1.51. The lowest BCUT2D eigenvalue weighted by atomic mass is 10.2. The van der Waals surface area contributed by atoms with Gasteiger partial charge in [-0.15, -0.1) is 0 Å². The van der Waals surface area contributed by atoms with Crippen LogP contribution in [0.5, 0.6) is 0 Å². The second-order valence-electron chi connectivity index (χ2n) is 2.45. The molecule has 1 unspecified atom stereocenters. The molecule has 1 heterocycles. The predicted octanol–water partition coefficient (Wildman–Crippen LogP) is 0.493.